The predicted octanol–water partition coefficient (Wildman–Crippen LogP) is 4.18. The molecule has 1 unspecified atom stereocenters. The van der Waals surface area contributed by atoms with Gasteiger partial charge in [-0.15, -0.1) is 0 Å². The van der Waals surface area contributed by atoms with Crippen LogP contribution < -0.4 is 11.1 Å². The first-order valence-electron chi connectivity index (χ1n) is 7.37. The summed E-state index contributed by atoms with van der Waals surface area (Å²) in [5.41, 5.74) is 7.26. The molecule has 0 heterocycles. The Hall–Kier alpha value is -1.02. The summed E-state index contributed by atoms with van der Waals surface area (Å²) < 4.78 is 0. The van der Waals surface area contributed by atoms with E-state index in [4.69, 9.17) is 5.73 Å². The maximum Gasteiger partial charge on any atom is 0.0340 e. The van der Waals surface area contributed by atoms with Crippen molar-refractivity contribution in [1.82, 2.24) is 0 Å². The molecule has 0 saturated carbocycles. The van der Waals surface area contributed by atoms with Crippen molar-refractivity contribution in [3.8, 4) is 0 Å². The Balaban J connectivity index is 1.99. The number of para-hydroxylation sites is 1. The molecule has 0 aliphatic carbocycles. The van der Waals surface area contributed by atoms with Gasteiger partial charge in [0.2, 0.25) is 0 Å². The van der Waals surface area contributed by atoms with Crippen LogP contribution in [-0.2, 0) is 0 Å². The van der Waals surface area contributed by atoms with Gasteiger partial charge in [0.05, 0.1) is 0 Å². The van der Waals surface area contributed by atoms with Gasteiger partial charge in [0, 0.05) is 18.3 Å². The van der Waals surface area contributed by atoms with Gasteiger partial charge in [0.1, 0.15) is 0 Å². The summed E-state index contributed by atoms with van der Waals surface area (Å²) in [6.45, 7) is 3.13. The molecule has 1 aromatic rings. The minimum Gasteiger partial charge on any atom is -0.383 e. The Labute approximate surface area is 112 Å². The topological polar surface area (TPSA) is 38.0 Å². The number of nitrogens with one attached hydrogen (secondary N) is 1. The Morgan fingerprint density at radius 3 is 2.39 bits per heavy atom. The third-order valence-electron chi connectivity index (χ3n) is 3.27. The number of benzene rings is 1. The van der Waals surface area contributed by atoms with Crippen LogP contribution in [0.5, 0.6) is 0 Å². The van der Waals surface area contributed by atoms with Gasteiger partial charge in [0.25, 0.3) is 0 Å². The molecule has 0 radical (unpaired) electrons. The number of anilines is 1. The van der Waals surface area contributed by atoms with Crippen molar-refractivity contribution >= 4 is 5.69 Å². The summed E-state index contributed by atoms with van der Waals surface area (Å²) in [5, 5.41) is 3.38. The highest BCUT2D eigenvalue weighted by molar-refractivity contribution is 5.42. The first-order valence-corrected chi connectivity index (χ1v) is 7.37. The highest BCUT2D eigenvalue weighted by Gasteiger charge is 2.01. The van der Waals surface area contributed by atoms with E-state index in [0.717, 1.165) is 18.7 Å². The second-order valence-corrected chi connectivity index (χ2v) is 5.06. The van der Waals surface area contributed by atoms with Crippen LogP contribution in [0.1, 0.15) is 51.9 Å². The van der Waals surface area contributed by atoms with E-state index in [-0.39, 0.29) is 6.04 Å². The lowest BCUT2D eigenvalue weighted by atomic mass is 10.1. The number of rotatable bonds is 10. The standard InChI is InChI=1S/C16H28N2/c1-2-3-4-5-6-8-11-15(17)14-18-16-12-9-7-10-13-16/h7,9-10,12-13,15,18H,2-6,8,11,14,17H2,1H3. The van der Waals surface area contributed by atoms with Gasteiger partial charge in [0.15, 0.2) is 0 Å². The smallest absolute Gasteiger partial charge is 0.0340 e. The zero-order valence-electron chi connectivity index (χ0n) is 11.7. The molecule has 0 saturated heterocycles. The van der Waals surface area contributed by atoms with Crippen LogP contribution in [0.25, 0.3) is 0 Å². The van der Waals surface area contributed by atoms with Crippen molar-refractivity contribution < 1.29 is 0 Å². The normalized spacial score (nSPS) is 12.3. The fourth-order valence-corrected chi connectivity index (χ4v) is 2.09. The van der Waals surface area contributed by atoms with E-state index in [1.165, 1.54) is 38.5 Å². The molecule has 0 amide bonds. The molecule has 0 aliphatic rings. The number of nitrogens with two attached hydrogens (primary N) is 1. The predicted molar refractivity (Wildman–Crippen MR) is 80.9 cm³/mol. The molecule has 0 fully saturated rings. The maximum absolute atomic E-state index is 6.10. The molecule has 102 valence electrons. The lowest BCUT2D eigenvalue weighted by Crippen LogP contribution is -2.28. The van der Waals surface area contributed by atoms with Crippen LogP contribution >= 0.6 is 0 Å². The maximum atomic E-state index is 6.10. The number of unbranched alkanes of at least 4 members (excludes halogenated alkanes) is 5. The quantitative estimate of drug-likeness (QED) is 0.610. The number of hydrogen-bond acceptors (Lipinski definition) is 2. The van der Waals surface area contributed by atoms with Gasteiger partial charge in [-0.1, -0.05) is 63.6 Å². The fourth-order valence-electron chi connectivity index (χ4n) is 2.09. The third kappa shape index (κ3) is 7.33. The average Bonchev–Trinajstić information content (AvgIpc) is 2.41. The molecule has 2 nitrogen and oxygen atoms in total. The summed E-state index contributed by atoms with van der Waals surface area (Å²) in [5.74, 6) is 0. The summed E-state index contributed by atoms with van der Waals surface area (Å²) in [7, 11) is 0. The van der Waals surface area contributed by atoms with E-state index in [1.54, 1.807) is 0 Å². The summed E-state index contributed by atoms with van der Waals surface area (Å²) >= 11 is 0. The lowest BCUT2D eigenvalue weighted by Gasteiger charge is -2.13. The molecule has 1 rings (SSSR count). The molecule has 2 heteroatoms. The van der Waals surface area contributed by atoms with E-state index in [9.17, 15) is 0 Å². The minimum absolute atomic E-state index is 0.274. The van der Waals surface area contributed by atoms with E-state index in [2.05, 4.69) is 24.4 Å². The van der Waals surface area contributed by atoms with Crippen LogP contribution in [-0.4, -0.2) is 12.6 Å². The van der Waals surface area contributed by atoms with Crippen LogP contribution in [0.3, 0.4) is 0 Å². The molecule has 0 bridgehead atoms. The second kappa shape index (κ2) is 9.95. The van der Waals surface area contributed by atoms with E-state index in [0.29, 0.717) is 0 Å². The first kappa shape index (κ1) is 15.0. The molecule has 18 heavy (non-hydrogen) atoms. The van der Waals surface area contributed by atoms with Crippen LogP contribution in [0.15, 0.2) is 30.3 Å². The fraction of sp³-hybridized carbons (Fsp3) is 0.625. The zero-order chi connectivity index (χ0) is 13.1. The summed E-state index contributed by atoms with van der Waals surface area (Å²) in [6, 6.07) is 10.6. The number of hydrogen-bond donors (Lipinski definition) is 2. The van der Waals surface area contributed by atoms with Crippen molar-refractivity contribution in [1.29, 1.82) is 0 Å². The van der Waals surface area contributed by atoms with Gasteiger partial charge in [-0.3, -0.25) is 0 Å². The van der Waals surface area contributed by atoms with Crippen LogP contribution in [0.4, 0.5) is 5.69 Å². The first-order chi connectivity index (χ1) is 8.83. The van der Waals surface area contributed by atoms with Crippen molar-refractivity contribution in [2.24, 2.45) is 5.73 Å². The molecule has 1 aromatic carbocycles. The van der Waals surface area contributed by atoms with Crippen molar-refractivity contribution in [3.05, 3.63) is 30.3 Å². The Kier molecular flexibility index (Phi) is 8.32. The molecular weight excluding hydrogens is 220 g/mol. The van der Waals surface area contributed by atoms with Gasteiger partial charge < -0.3 is 11.1 Å². The highest BCUT2D eigenvalue weighted by Crippen LogP contribution is 2.09. The minimum atomic E-state index is 0.274. The SMILES string of the molecule is CCCCCCCCC(N)CNc1ccccc1. The van der Waals surface area contributed by atoms with Crippen LogP contribution in [0, 0.1) is 0 Å². The molecular formula is C16H28N2. The Morgan fingerprint density at radius 1 is 1.00 bits per heavy atom. The van der Waals surface area contributed by atoms with Gasteiger partial charge >= 0.3 is 0 Å². The summed E-state index contributed by atoms with van der Waals surface area (Å²) in [4.78, 5) is 0. The van der Waals surface area contributed by atoms with E-state index < -0.39 is 0 Å². The Morgan fingerprint density at radius 2 is 1.67 bits per heavy atom. The largest absolute Gasteiger partial charge is 0.383 e. The summed E-state index contributed by atoms with van der Waals surface area (Å²) in [6.07, 6.45) is 9.18. The molecule has 1 atom stereocenters. The average molecular weight is 248 g/mol. The Bertz CT molecular complexity index is 284. The van der Waals surface area contributed by atoms with Gasteiger partial charge in [-0.05, 0) is 18.6 Å². The van der Waals surface area contributed by atoms with Crippen molar-refractivity contribution in [2.45, 2.75) is 57.9 Å². The molecule has 0 aliphatic heterocycles. The second-order valence-electron chi connectivity index (χ2n) is 5.06. The highest BCUT2D eigenvalue weighted by atomic mass is 14.9. The van der Waals surface area contributed by atoms with E-state index in [1.807, 2.05) is 18.2 Å². The monoisotopic (exact) mass is 248 g/mol. The lowest BCUT2D eigenvalue weighted by molar-refractivity contribution is 0.545. The van der Waals surface area contributed by atoms with Crippen molar-refractivity contribution in [3.63, 3.8) is 0 Å². The van der Waals surface area contributed by atoms with Crippen molar-refractivity contribution in [2.75, 3.05) is 11.9 Å². The molecule has 0 aromatic heterocycles. The van der Waals surface area contributed by atoms with E-state index >= 15 is 0 Å². The third-order valence-corrected chi connectivity index (χ3v) is 3.27. The van der Waals surface area contributed by atoms with Gasteiger partial charge in [-0.25, -0.2) is 0 Å². The van der Waals surface area contributed by atoms with Crippen LogP contribution in [0.2, 0.25) is 0 Å². The molecule has 3 N–H and O–H groups in total. The zero-order valence-corrected chi connectivity index (χ0v) is 11.7. The van der Waals surface area contributed by atoms with Gasteiger partial charge in [-0.2, -0.15) is 0 Å². The molecule has 0 spiro atoms.